The predicted octanol–water partition coefficient (Wildman–Crippen LogP) is 0.171. The minimum absolute atomic E-state index is 0.0485. The standard InChI is InChI=1S/C13H16N2O8S/c1-23-4-3-14(8-12(16)17)13(18)9-5-10(15(19)20)7-11(6-9)24(2,21)22/h5-7H,3-4,8H2,1-2H3,(H,16,17). The van der Waals surface area contributed by atoms with Crippen molar-refractivity contribution >= 4 is 27.4 Å². The van der Waals surface area contributed by atoms with E-state index in [0.717, 1.165) is 29.4 Å². The molecule has 0 bridgehead atoms. The summed E-state index contributed by atoms with van der Waals surface area (Å²) in [6.07, 6.45) is 0.847. The molecule has 1 rings (SSSR count). The quantitative estimate of drug-likeness (QED) is 0.510. The zero-order valence-electron chi connectivity index (χ0n) is 13.0. The molecule has 1 aromatic carbocycles. The second-order valence-electron chi connectivity index (χ2n) is 4.86. The van der Waals surface area contributed by atoms with Crippen LogP contribution in [0.4, 0.5) is 5.69 Å². The van der Waals surface area contributed by atoms with E-state index in [4.69, 9.17) is 9.84 Å². The molecular weight excluding hydrogens is 344 g/mol. The van der Waals surface area contributed by atoms with Crippen molar-refractivity contribution in [3.63, 3.8) is 0 Å². The summed E-state index contributed by atoms with van der Waals surface area (Å²) in [5.41, 5.74) is -0.870. The second-order valence-corrected chi connectivity index (χ2v) is 6.87. The third-order valence-electron chi connectivity index (χ3n) is 2.96. The zero-order valence-corrected chi connectivity index (χ0v) is 13.8. The SMILES string of the molecule is COCCN(CC(=O)O)C(=O)c1cc([N+](=O)[O-])cc(S(C)(=O)=O)c1. The summed E-state index contributed by atoms with van der Waals surface area (Å²) in [4.78, 5) is 33.9. The van der Waals surface area contributed by atoms with E-state index < -0.39 is 43.8 Å². The Hall–Kier alpha value is -2.53. The number of nitro benzene ring substituents is 1. The van der Waals surface area contributed by atoms with Gasteiger partial charge in [0.05, 0.1) is 16.4 Å². The van der Waals surface area contributed by atoms with Crippen LogP contribution < -0.4 is 0 Å². The van der Waals surface area contributed by atoms with Gasteiger partial charge in [-0.1, -0.05) is 0 Å². The number of rotatable bonds is 8. The number of amides is 1. The van der Waals surface area contributed by atoms with Gasteiger partial charge in [0, 0.05) is 37.6 Å². The maximum Gasteiger partial charge on any atom is 0.323 e. The van der Waals surface area contributed by atoms with Crippen molar-refractivity contribution in [2.24, 2.45) is 0 Å². The fourth-order valence-electron chi connectivity index (χ4n) is 1.83. The number of hydrogen-bond donors (Lipinski definition) is 1. The Balaban J connectivity index is 3.35. The molecule has 1 N–H and O–H groups in total. The number of ether oxygens (including phenoxy) is 1. The van der Waals surface area contributed by atoms with Crippen LogP contribution in [0.15, 0.2) is 23.1 Å². The summed E-state index contributed by atoms with van der Waals surface area (Å²) in [6, 6.07) is 2.72. The summed E-state index contributed by atoms with van der Waals surface area (Å²) in [7, 11) is -2.44. The minimum atomic E-state index is -3.80. The van der Waals surface area contributed by atoms with E-state index in [1.807, 2.05) is 0 Å². The monoisotopic (exact) mass is 360 g/mol. The summed E-state index contributed by atoms with van der Waals surface area (Å²) in [5.74, 6) is -2.13. The summed E-state index contributed by atoms with van der Waals surface area (Å²) in [6.45, 7) is -0.676. The Kier molecular flexibility index (Phi) is 6.37. The number of sulfone groups is 1. The number of carboxylic acid groups (broad SMARTS) is 1. The first-order valence-corrected chi connectivity index (χ1v) is 8.45. The summed E-state index contributed by atoms with van der Waals surface area (Å²) < 4.78 is 28.1. The van der Waals surface area contributed by atoms with Gasteiger partial charge in [0.1, 0.15) is 6.54 Å². The van der Waals surface area contributed by atoms with Crippen LogP contribution in [0, 0.1) is 10.1 Å². The smallest absolute Gasteiger partial charge is 0.323 e. The van der Waals surface area contributed by atoms with Crippen LogP contribution in [0.5, 0.6) is 0 Å². The molecule has 0 aliphatic carbocycles. The number of carbonyl (C=O) groups excluding carboxylic acids is 1. The van der Waals surface area contributed by atoms with E-state index in [1.165, 1.54) is 7.11 Å². The van der Waals surface area contributed by atoms with Gasteiger partial charge in [-0.3, -0.25) is 19.7 Å². The Bertz CT molecular complexity index is 759. The van der Waals surface area contributed by atoms with Crippen LogP contribution >= 0.6 is 0 Å². The van der Waals surface area contributed by atoms with E-state index in [2.05, 4.69) is 0 Å². The molecule has 0 saturated carbocycles. The first-order valence-electron chi connectivity index (χ1n) is 6.55. The molecule has 24 heavy (non-hydrogen) atoms. The third kappa shape index (κ3) is 5.28. The highest BCUT2D eigenvalue weighted by Crippen LogP contribution is 2.22. The summed E-state index contributed by atoms with van der Waals surface area (Å²) in [5, 5.41) is 19.8. The van der Waals surface area contributed by atoms with Gasteiger partial charge in [-0.2, -0.15) is 0 Å². The van der Waals surface area contributed by atoms with E-state index in [-0.39, 0.29) is 18.7 Å². The van der Waals surface area contributed by atoms with E-state index in [9.17, 15) is 28.1 Å². The molecule has 0 unspecified atom stereocenters. The average Bonchev–Trinajstić information content (AvgIpc) is 2.49. The predicted molar refractivity (Wildman–Crippen MR) is 81.6 cm³/mol. The van der Waals surface area contributed by atoms with Crippen molar-refractivity contribution in [1.29, 1.82) is 0 Å². The molecule has 0 spiro atoms. The maximum atomic E-state index is 12.4. The molecule has 1 aromatic rings. The third-order valence-corrected chi connectivity index (χ3v) is 4.05. The molecular formula is C13H16N2O8S. The molecule has 10 nitrogen and oxygen atoms in total. The fourth-order valence-corrected chi connectivity index (χ4v) is 2.50. The number of carbonyl (C=O) groups is 2. The van der Waals surface area contributed by atoms with Gasteiger partial charge in [-0.15, -0.1) is 0 Å². The van der Waals surface area contributed by atoms with Gasteiger partial charge in [-0.25, -0.2) is 8.42 Å². The molecule has 0 aliphatic rings. The van der Waals surface area contributed by atoms with E-state index in [0.29, 0.717) is 0 Å². The number of non-ortho nitro benzene ring substituents is 1. The topological polar surface area (TPSA) is 144 Å². The van der Waals surface area contributed by atoms with Crippen LogP contribution in [0.25, 0.3) is 0 Å². The lowest BCUT2D eigenvalue weighted by Gasteiger charge is -2.20. The molecule has 0 aromatic heterocycles. The molecule has 1 amide bonds. The normalized spacial score (nSPS) is 11.1. The molecule has 0 aliphatic heterocycles. The zero-order chi connectivity index (χ0) is 18.5. The summed E-state index contributed by atoms with van der Waals surface area (Å²) >= 11 is 0. The van der Waals surface area contributed by atoms with Crippen molar-refractivity contribution < 1.29 is 32.8 Å². The first-order chi connectivity index (χ1) is 11.1. The lowest BCUT2D eigenvalue weighted by atomic mass is 10.1. The van der Waals surface area contributed by atoms with Crippen molar-refractivity contribution in [1.82, 2.24) is 4.90 Å². The Morgan fingerprint density at radius 3 is 2.42 bits per heavy atom. The second kappa shape index (κ2) is 7.84. The molecule has 11 heteroatoms. The Morgan fingerprint density at radius 1 is 1.33 bits per heavy atom. The molecule has 0 saturated heterocycles. The number of hydrogen-bond acceptors (Lipinski definition) is 7. The van der Waals surface area contributed by atoms with Gasteiger partial charge in [0.2, 0.25) is 0 Å². The number of methoxy groups -OCH3 is 1. The molecule has 0 heterocycles. The lowest BCUT2D eigenvalue weighted by Crippen LogP contribution is -2.38. The van der Waals surface area contributed by atoms with Crippen LogP contribution in [-0.2, 0) is 19.4 Å². The Morgan fingerprint density at radius 2 is 1.96 bits per heavy atom. The number of carboxylic acids is 1. The molecule has 0 fully saturated rings. The van der Waals surface area contributed by atoms with Gasteiger partial charge >= 0.3 is 5.97 Å². The van der Waals surface area contributed by atoms with Crippen LogP contribution in [0.1, 0.15) is 10.4 Å². The Labute approximate surface area is 137 Å². The first kappa shape index (κ1) is 19.5. The lowest BCUT2D eigenvalue weighted by molar-refractivity contribution is -0.385. The number of nitrogens with zero attached hydrogens (tertiary/aromatic N) is 2. The van der Waals surface area contributed by atoms with Gasteiger partial charge < -0.3 is 14.7 Å². The average molecular weight is 360 g/mol. The highest BCUT2D eigenvalue weighted by Gasteiger charge is 2.23. The maximum absolute atomic E-state index is 12.4. The highest BCUT2D eigenvalue weighted by atomic mass is 32.2. The molecule has 132 valence electrons. The van der Waals surface area contributed by atoms with Crippen molar-refractivity contribution in [3.05, 3.63) is 33.9 Å². The van der Waals surface area contributed by atoms with Gasteiger partial charge in [0.25, 0.3) is 11.6 Å². The fraction of sp³-hybridized carbons (Fsp3) is 0.385. The van der Waals surface area contributed by atoms with Crippen LogP contribution in [0.2, 0.25) is 0 Å². The number of nitro groups is 1. The van der Waals surface area contributed by atoms with Gasteiger partial charge in [0.15, 0.2) is 9.84 Å². The van der Waals surface area contributed by atoms with Crippen molar-refractivity contribution in [2.45, 2.75) is 4.90 Å². The van der Waals surface area contributed by atoms with E-state index in [1.54, 1.807) is 0 Å². The number of aliphatic carboxylic acids is 1. The molecule has 0 radical (unpaired) electrons. The van der Waals surface area contributed by atoms with Crippen LogP contribution in [0.3, 0.4) is 0 Å². The van der Waals surface area contributed by atoms with Gasteiger partial charge in [-0.05, 0) is 6.07 Å². The number of benzene rings is 1. The van der Waals surface area contributed by atoms with E-state index >= 15 is 0 Å². The largest absolute Gasteiger partial charge is 0.480 e. The van der Waals surface area contributed by atoms with Crippen LogP contribution in [-0.4, -0.2) is 68.3 Å². The molecule has 0 atom stereocenters. The van der Waals surface area contributed by atoms with Crippen molar-refractivity contribution in [3.8, 4) is 0 Å². The minimum Gasteiger partial charge on any atom is -0.480 e. The van der Waals surface area contributed by atoms with Crippen molar-refractivity contribution in [2.75, 3.05) is 33.1 Å². The highest BCUT2D eigenvalue weighted by molar-refractivity contribution is 7.90.